The Morgan fingerprint density at radius 3 is 2.88 bits per heavy atom. The molecule has 1 aliphatic heterocycles. The van der Waals surface area contributed by atoms with Crippen LogP contribution in [0, 0.1) is 6.92 Å². The molecule has 3 aromatic rings. The summed E-state index contributed by atoms with van der Waals surface area (Å²) < 4.78 is 7.82. The summed E-state index contributed by atoms with van der Waals surface area (Å²) in [4.78, 5) is 6.98. The summed E-state index contributed by atoms with van der Waals surface area (Å²) in [7, 11) is 0. The average molecular weight is 333 g/mol. The molecule has 0 aliphatic carbocycles. The molecule has 0 aromatic carbocycles. The Kier molecular flexibility index (Phi) is 4.18. The number of nitrogens with zero attached hydrogens (tertiary/aromatic N) is 3. The minimum absolute atomic E-state index is 0.915. The van der Waals surface area contributed by atoms with E-state index in [1.807, 2.05) is 31.3 Å². The Balaban J connectivity index is 1.53. The van der Waals surface area contributed by atoms with Crippen LogP contribution in [0.1, 0.15) is 24.9 Å². The molecule has 3 aromatic heterocycles. The maximum Gasteiger partial charge on any atom is 0.141 e. The molecule has 0 atom stereocenters. The third-order valence-corrected chi connectivity index (χ3v) is 4.76. The van der Waals surface area contributed by atoms with Gasteiger partial charge in [0.15, 0.2) is 0 Å². The number of allylic oxidation sites excluding steroid dienone is 1. The van der Waals surface area contributed by atoms with Crippen LogP contribution in [-0.4, -0.2) is 22.6 Å². The number of hydrogen-bond donors (Lipinski definition) is 0. The Morgan fingerprint density at radius 1 is 1.24 bits per heavy atom. The summed E-state index contributed by atoms with van der Waals surface area (Å²) in [6.07, 6.45) is 11.7. The highest BCUT2D eigenvalue weighted by Gasteiger charge is 2.17. The standard InChI is InChI=1S/C21H23N3O/c1-3-23-15-20(19-5-4-12-22-21(19)23)24-13-10-17(11-14-24)7-9-18-8-6-16(2)25-18/h4-10,12,15H,3,11,13-14H2,1-2H3. The highest BCUT2D eigenvalue weighted by Crippen LogP contribution is 2.30. The van der Waals surface area contributed by atoms with Crippen LogP contribution in [-0.2, 0) is 6.54 Å². The monoisotopic (exact) mass is 333 g/mol. The van der Waals surface area contributed by atoms with Gasteiger partial charge in [-0.3, -0.25) is 0 Å². The van der Waals surface area contributed by atoms with Gasteiger partial charge in [-0.1, -0.05) is 12.2 Å². The molecule has 0 unspecified atom stereocenters. The summed E-state index contributed by atoms with van der Waals surface area (Å²) in [6, 6.07) is 8.19. The second-order valence-corrected chi connectivity index (χ2v) is 6.43. The van der Waals surface area contributed by atoms with Crippen LogP contribution in [0.4, 0.5) is 5.69 Å². The number of anilines is 1. The van der Waals surface area contributed by atoms with E-state index in [9.17, 15) is 0 Å². The third-order valence-electron chi connectivity index (χ3n) is 4.76. The summed E-state index contributed by atoms with van der Waals surface area (Å²) in [5, 5.41) is 1.24. The molecule has 4 heterocycles. The molecule has 0 radical (unpaired) electrons. The first-order valence-electron chi connectivity index (χ1n) is 8.87. The van der Waals surface area contributed by atoms with E-state index in [1.54, 1.807) is 0 Å². The molecular weight excluding hydrogens is 310 g/mol. The molecule has 0 fully saturated rings. The molecule has 4 rings (SSSR count). The van der Waals surface area contributed by atoms with E-state index in [-0.39, 0.29) is 0 Å². The number of rotatable bonds is 4. The van der Waals surface area contributed by atoms with E-state index in [1.165, 1.54) is 16.6 Å². The maximum absolute atomic E-state index is 5.59. The molecule has 25 heavy (non-hydrogen) atoms. The van der Waals surface area contributed by atoms with Crippen molar-refractivity contribution < 1.29 is 4.42 Å². The molecule has 0 N–H and O–H groups in total. The van der Waals surface area contributed by atoms with Crippen molar-refractivity contribution in [3.63, 3.8) is 0 Å². The Labute approximate surface area is 148 Å². The third kappa shape index (κ3) is 3.12. The van der Waals surface area contributed by atoms with Crippen molar-refractivity contribution in [3.05, 3.63) is 65.9 Å². The Morgan fingerprint density at radius 2 is 2.16 bits per heavy atom. The van der Waals surface area contributed by atoms with Gasteiger partial charge in [-0.2, -0.15) is 0 Å². The molecule has 0 spiro atoms. The van der Waals surface area contributed by atoms with Gasteiger partial charge in [-0.05, 0) is 56.2 Å². The van der Waals surface area contributed by atoms with Crippen LogP contribution in [0.25, 0.3) is 17.1 Å². The number of hydrogen-bond acceptors (Lipinski definition) is 3. The summed E-state index contributed by atoms with van der Waals surface area (Å²) in [5.74, 6) is 1.86. The van der Waals surface area contributed by atoms with Gasteiger partial charge in [-0.15, -0.1) is 0 Å². The van der Waals surface area contributed by atoms with Crippen molar-refractivity contribution in [2.24, 2.45) is 0 Å². The molecule has 128 valence electrons. The fourth-order valence-electron chi connectivity index (χ4n) is 3.38. The molecular formula is C21H23N3O. The minimum atomic E-state index is 0.915. The first-order valence-corrected chi connectivity index (χ1v) is 8.87. The maximum atomic E-state index is 5.59. The molecule has 0 saturated heterocycles. The quantitative estimate of drug-likeness (QED) is 0.687. The van der Waals surface area contributed by atoms with Crippen molar-refractivity contribution >= 4 is 22.8 Å². The van der Waals surface area contributed by atoms with E-state index >= 15 is 0 Å². The molecule has 4 heteroatoms. The van der Waals surface area contributed by atoms with Gasteiger partial charge in [0, 0.05) is 37.4 Å². The minimum Gasteiger partial charge on any atom is -0.462 e. The van der Waals surface area contributed by atoms with Crippen LogP contribution in [0.5, 0.6) is 0 Å². The van der Waals surface area contributed by atoms with Gasteiger partial charge < -0.3 is 13.9 Å². The average Bonchev–Trinajstić information content (AvgIpc) is 3.24. The Bertz CT molecular complexity index is 945. The number of furan rings is 1. The number of fused-ring (bicyclic) bond motifs is 1. The van der Waals surface area contributed by atoms with E-state index < -0.39 is 0 Å². The molecule has 0 saturated carbocycles. The zero-order chi connectivity index (χ0) is 17.2. The van der Waals surface area contributed by atoms with Gasteiger partial charge in [0.25, 0.3) is 0 Å². The van der Waals surface area contributed by atoms with Crippen LogP contribution < -0.4 is 4.90 Å². The van der Waals surface area contributed by atoms with Crippen molar-refractivity contribution in [1.29, 1.82) is 0 Å². The fourth-order valence-corrected chi connectivity index (χ4v) is 3.38. The Hall–Kier alpha value is -2.75. The van der Waals surface area contributed by atoms with E-state index in [2.05, 4.69) is 51.9 Å². The fraction of sp³-hybridized carbons (Fsp3) is 0.286. The largest absolute Gasteiger partial charge is 0.462 e. The lowest BCUT2D eigenvalue weighted by molar-refractivity contribution is 0.525. The summed E-state index contributed by atoms with van der Waals surface area (Å²) in [6.45, 7) is 7.01. The first-order chi connectivity index (χ1) is 12.2. The number of pyridine rings is 1. The van der Waals surface area contributed by atoms with Crippen molar-refractivity contribution in [3.8, 4) is 0 Å². The van der Waals surface area contributed by atoms with Crippen LogP contribution in [0.15, 0.2) is 58.8 Å². The van der Waals surface area contributed by atoms with E-state index in [0.29, 0.717) is 0 Å². The smallest absolute Gasteiger partial charge is 0.141 e. The van der Waals surface area contributed by atoms with Crippen molar-refractivity contribution in [2.45, 2.75) is 26.8 Å². The second-order valence-electron chi connectivity index (χ2n) is 6.43. The lowest BCUT2D eigenvalue weighted by Gasteiger charge is -2.27. The normalized spacial score (nSPS) is 15.3. The highest BCUT2D eigenvalue weighted by molar-refractivity contribution is 5.91. The van der Waals surface area contributed by atoms with Crippen LogP contribution >= 0.6 is 0 Å². The topological polar surface area (TPSA) is 34.2 Å². The van der Waals surface area contributed by atoms with Crippen LogP contribution in [0.2, 0.25) is 0 Å². The van der Waals surface area contributed by atoms with Crippen LogP contribution in [0.3, 0.4) is 0 Å². The lowest BCUT2D eigenvalue weighted by atomic mass is 10.1. The SMILES string of the molecule is CCn1cc(N2CC=C(C=Cc3ccc(C)o3)CC2)c2cccnc21. The van der Waals surface area contributed by atoms with Gasteiger partial charge in [0.1, 0.15) is 17.2 Å². The van der Waals surface area contributed by atoms with E-state index in [4.69, 9.17) is 4.42 Å². The van der Waals surface area contributed by atoms with Gasteiger partial charge in [0.2, 0.25) is 0 Å². The molecule has 4 nitrogen and oxygen atoms in total. The number of aryl methyl sites for hydroxylation is 2. The van der Waals surface area contributed by atoms with Crippen molar-refractivity contribution in [1.82, 2.24) is 9.55 Å². The highest BCUT2D eigenvalue weighted by atomic mass is 16.3. The van der Waals surface area contributed by atoms with Gasteiger partial charge in [-0.25, -0.2) is 4.98 Å². The summed E-state index contributed by atoms with van der Waals surface area (Å²) in [5.41, 5.74) is 3.72. The predicted molar refractivity (Wildman–Crippen MR) is 103 cm³/mol. The first kappa shape index (κ1) is 15.8. The molecule has 0 amide bonds. The predicted octanol–water partition coefficient (Wildman–Crippen LogP) is 4.81. The second kappa shape index (κ2) is 6.63. The van der Waals surface area contributed by atoms with Gasteiger partial charge in [0.05, 0.1) is 5.69 Å². The zero-order valence-corrected chi connectivity index (χ0v) is 14.8. The zero-order valence-electron chi connectivity index (χ0n) is 14.8. The van der Waals surface area contributed by atoms with E-state index in [0.717, 1.165) is 43.2 Å². The van der Waals surface area contributed by atoms with Gasteiger partial charge >= 0.3 is 0 Å². The lowest BCUT2D eigenvalue weighted by Crippen LogP contribution is -2.28. The van der Waals surface area contributed by atoms with Crippen molar-refractivity contribution in [2.75, 3.05) is 18.0 Å². The summed E-state index contributed by atoms with van der Waals surface area (Å²) >= 11 is 0. The number of aromatic nitrogens is 2. The molecule has 1 aliphatic rings. The molecule has 0 bridgehead atoms.